The van der Waals surface area contributed by atoms with Crippen molar-refractivity contribution >= 4 is 77.6 Å². The predicted molar refractivity (Wildman–Crippen MR) is 274 cm³/mol. The van der Waals surface area contributed by atoms with Gasteiger partial charge in [-0.05, 0) is 146 Å². The van der Waals surface area contributed by atoms with Crippen molar-refractivity contribution < 1.29 is 4.42 Å². The first-order chi connectivity index (χ1) is 32.8. The SMILES string of the molecule is c1ccc(N(c2ccccc2)c2ccc3c4c(ccc3c2)-c2c(cc(N(c3ccccc3)c3ccccc3)c3cc5c(cc23)oc2ccccc25)C42c3ccccc3-c3ccccc32)cc1. The lowest BCUT2D eigenvalue weighted by atomic mass is 9.69. The highest BCUT2D eigenvalue weighted by molar-refractivity contribution is 6.20. The van der Waals surface area contributed by atoms with Crippen molar-refractivity contribution in [1.29, 1.82) is 0 Å². The van der Waals surface area contributed by atoms with Gasteiger partial charge in [0, 0.05) is 44.6 Å². The number of benzene rings is 11. The maximum atomic E-state index is 6.77. The highest BCUT2D eigenvalue weighted by Crippen LogP contribution is 2.66. The number of rotatable bonds is 6. The molecular weight excluding hydrogens is 801 g/mol. The smallest absolute Gasteiger partial charge is 0.136 e. The van der Waals surface area contributed by atoms with Gasteiger partial charge in [0.1, 0.15) is 11.2 Å². The Balaban J connectivity index is 1.14. The number of hydrogen-bond donors (Lipinski definition) is 0. The average molecular weight is 841 g/mol. The monoisotopic (exact) mass is 840 g/mol. The molecule has 0 unspecified atom stereocenters. The molecular formula is C63H40N2O. The van der Waals surface area contributed by atoms with Crippen molar-refractivity contribution in [3.05, 3.63) is 265 Å². The second-order valence-corrected chi connectivity index (χ2v) is 17.6. The highest BCUT2D eigenvalue weighted by Gasteiger charge is 2.53. The zero-order valence-corrected chi connectivity index (χ0v) is 35.9. The second-order valence-electron chi connectivity index (χ2n) is 17.6. The minimum absolute atomic E-state index is 0.637. The van der Waals surface area contributed by atoms with E-state index in [1.54, 1.807) is 0 Å². The molecule has 2 aliphatic rings. The molecule has 0 fully saturated rings. The van der Waals surface area contributed by atoms with Crippen molar-refractivity contribution in [2.45, 2.75) is 5.41 Å². The van der Waals surface area contributed by atoms with Gasteiger partial charge in [-0.15, -0.1) is 0 Å². The van der Waals surface area contributed by atoms with Crippen LogP contribution in [0.15, 0.2) is 247 Å². The van der Waals surface area contributed by atoms with Crippen molar-refractivity contribution in [2.24, 2.45) is 0 Å². The van der Waals surface area contributed by atoms with Gasteiger partial charge in [-0.2, -0.15) is 0 Å². The Labute approximate surface area is 382 Å². The van der Waals surface area contributed by atoms with E-state index < -0.39 is 5.41 Å². The third kappa shape index (κ3) is 5.14. The fraction of sp³-hybridized carbons (Fsp3) is 0.0159. The van der Waals surface area contributed by atoms with E-state index in [0.717, 1.165) is 56.1 Å². The quantitative estimate of drug-likeness (QED) is 0.166. The molecule has 0 aliphatic heterocycles. The van der Waals surface area contributed by atoms with E-state index >= 15 is 0 Å². The first kappa shape index (κ1) is 36.8. The maximum absolute atomic E-state index is 6.77. The van der Waals surface area contributed by atoms with Gasteiger partial charge in [-0.25, -0.2) is 0 Å². The van der Waals surface area contributed by atoms with E-state index in [1.165, 1.54) is 66.1 Å². The number of furan rings is 1. The number of nitrogens with zero attached hydrogens (tertiary/aromatic N) is 2. The van der Waals surface area contributed by atoms with Crippen LogP contribution in [0.4, 0.5) is 34.1 Å². The summed E-state index contributed by atoms with van der Waals surface area (Å²) < 4.78 is 6.77. The molecule has 2 aliphatic carbocycles. The molecule has 0 saturated carbocycles. The summed E-state index contributed by atoms with van der Waals surface area (Å²) in [5, 5.41) is 6.99. The molecule has 3 nitrogen and oxygen atoms in total. The van der Waals surface area contributed by atoms with Gasteiger partial charge in [0.15, 0.2) is 0 Å². The molecule has 1 spiro atoms. The molecule has 308 valence electrons. The summed E-state index contributed by atoms with van der Waals surface area (Å²) in [4.78, 5) is 4.81. The molecule has 12 aromatic rings. The van der Waals surface area contributed by atoms with Gasteiger partial charge in [-0.1, -0.05) is 158 Å². The number of hydrogen-bond acceptors (Lipinski definition) is 3. The van der Waals surface area contributed by atoms with Gasteiger partial charge in [-0.3, -0.25) is 0 Å². The lowest BCUT2D eigenvalue weighted by Gasteiger charge is -2.33. The zero-order valence-electron chi connectivity index (χ0n) is 35.9. The predicted octanol–water partition coefficient (Wildman–Crippen LogP) is 17.2. The Morgan fingerprint density at radius 3 is 1.47 bits per heavy atom. The summed E-state index contributed by atoms with van der Waals surface area (Å²) in [6, 6.07) is 88.8. The molecule has 1 heterocycles. The summed E-state index contributed by atoms with van der Waals surface area (Å²) in [5.41, 5.74) is 18.0. The third-order valence-electron chi connectivity index (χ3n) is 14.2. The Hall–Kier alpha value is -8.66. The van der Waals surface area contributed by atoms with Gasteiger partial charge in [0.2, 0.25) is 0 Å². The molecule has 3 heteroatoms. The summed E-state index contributed by atoms with van der Waals surface area (Å²) in [5.74, 6) is 0. The fourth-order valence-corrected chi connectivity index (χ4v) is 11.6. The molecule has 0 bridgehead atoms. The first-order valence-corrected chi connectivity index (χ1v) is 22.8. The Kier molecular flexibility index (Phi) is 7.90. The van der Waals surface area contributed by atoms with Gasteiger partial charge in [0.25, 0.3) is 0 Å². The van der Waals surface area contributed by atoms with Crippen LogP contribution in [0.2, 0.25) is 0 Å². The maximum Gasteiger partial charge on any atom is 0.136 e. The van der Waals surface area contributed by atoms with Crippen LogP contribution in [-0.4, -0.2) is 0 Å². The van der Waals surface area contributed by atoms with Crippen molar-refractivity contribution in [3.8, 4) is 22.3 Å². The zero-order chi connectivity index (χ0) is 43.3. The average Bonchev–Trinajstić information content (AvgIpc) is 4.01. The molecule has 14 rings (SSSR count). The summed E-state index contributed by atoms with van der Waals surface area (Å²) >= 11 is 0. The summed E-state index contributed by atoms with van der Waals surface area (Å²) in [7, 11) is 0. The van der Waals surface area contributed by atoms with Crippen LogP contribution in [0, 0.1) is 0 Å². The summed E-state index contributed by atoms with van der Waals surface area (Å²) in [6.07, 6.45) is 0. The van der Waals surface area contributed by atoms with Gasteiger partial charge in [0.05, 0.1) is 11.1 Å². The van der Waals surface area contributed by atoms with Crippen LogP contribution in [0.5, 0.6) is 0 Å². The molecule has 1 aromatic heterocycles. The van der Waals surface area contributed by atoms with Crippen LogP contribution in [0.25, 0.3) is 65.7 Å². The third-order valence-corrected chi connectivity index (χ3v) is 14.2. The van der Waals surface area contributed by atoms with Crippen LogP contribution in [0.1, 0.15) is 22.3 Å². The van der Waals surface area contributed by atoms with E-state index in [9.17, 15) is 0 Å². The van der Waals surface area contributed by atoms with Crippen molar-refractivity contribution in [3.63, 3.8) is 0 Å². The standard InChI is InChI=1S/C63H40N2O/c1-5-19-42(20-6-1)64(43-21-7-2-8-22-43)46-34-36-47-41(37-46)33-35-51-61-54-39-60-53(50-29-15-18-32-59(50)66-60)38-52(54)58(65(44-23-9-3-10-24-44)45-25-11-4-12-26-45)40-57(61)63(62(47)51)55-30-16-13-27-48(55)49-28-14-17-31-56(49)63/h1-40H. The lowest BCUT2D eigenvalue weighted by Crippen LogP contribution is -2.26. The Bertz CT molecular complexity index is 3750. The van der Waals surface area contributed by atoms with Crippen LogP contribution < -0.4 is 9.80 Å². The Morgan fingerprint density at radius 1 is 0.303 bits per heavy atom. The topological polar surface area (TPSA) is 19.6 Å². The number of para-hydroxylation sites is 5. The van der Waals surface area contributed by atoms with Gasteiger partial charge >= 0.3 is 0 Å². The van der Waals surface area contributed by atoms with Crippen LogP contribution >= 0.6 is 0 Å². The van der Waals surface area contributed by atoms with Crippen LogP contribution in [0.3, 0.4) is 0 Å². The molecule has 11 aromatic carbocycles. The van der Waals surface area contributed by atoms with Gasteiger partial charge < -0.3 is 14.2 Å². The number of anilines is 6. The molecule has 0 N–H and O–H groups in total. The highest BCUT2D eigenvalue weighted by atomic mass is 16.3. The van der Waals surface area contributed by atoms with E-state index in [1.807, 2.05) is 0 Å². The summed E-state index contributed by atoms with van der Waals surface area (Å²) in [6.45, 7) is 0. The molecule has 0 amide bonds. The molecule has 0 radical (unpaired) electrons. The second kappa shape index (κ2) is 14.2. The Morgan fingerprint density at radius 2 is 0.848 bits per heavy atom. The molecule has 0 atom stereocenters. The minimum atomic E-state index is -0.637. The largest absolute Gasteiger partial charge is 0.456 e. The number of fused-ring (bicyclic) bond motifs is 17. The van der Waals surface area contributed by atoms with Crippen LogP contribution in [-0.2, 0) is 5.41 Å². The van der Waals surface area contributed by atoms with Crippen molar-refractivity contribution in [1.82, 2.24) is 0 Å². The lowest BCUT2D eigenvalue weighted by molar-refractivity contribution is 0.669. The minimum Gasteiger partial charge on any atom is -0.456 e. The van der Waals surface area contributed by atoms with Crippen molar-refractivity contribution in [2.75, 3.05) is 9.80 Å². The molecule has 66 heavy (non-hydrogen) atoms. The normalized spacial score (nSPS) is 13.0. The molecule has 0 saturated heterocycles. The van der Waals surface area contributed by atoms with E-state index in [-0.39, 0.29) is 0 Å². The van der Waals surface area contributed by atoms with E-state index in [2.05, 4.69) is 252 Å². The van der Waals surface area contributed by atoms with E-state index in [4.69, 9.17) is 4.42 Å². The fourth-order valence-electron chi connectivity index (χ4n) is 11.6. The van der Waals surface area contributed by atoms with E-state index in [0.29, 0.717) is 0 Å². The first-order valence-electron chi connectivity index (χ1n) is 22.8.